The molecule has 0 amide bonds. The summed E-state index contributed by atoms with van der Waals surface area (Å²) >= 11 is 0. The minimum atomic E-state index is -3.71. The van der Waals surface area contributed by atoms with Crippen LogP contribution in [-0.2, 0) is 20.2 Å². The van der Waals surface area contributed by atoms with Gasteiger partial charge in [0.15, 0.2) is 0 Å². The number of nitrogens with zero attached hydrogens (tertiary/aromatic N) is 2. The Morgan fingerprint density at radius 2 is 1.60 bits per heavy atom. The number of dihydropyridines is 1. The lowest BCUT2D eigenvalue weighted by atomic mass is 9.84. The number of hydrogen-bond acceptors (Lipinski definition) is 7. The molecule has 1 saturated heterocycles. The van der Waals surface area contributed by atoms with Crippen LogP contribution in [0.2, 0.25) is 0 Å². The zero-order chi connectivity index (χ0) is 29.9. The molecule has 5 rings (SSSR count). The predicted molar refractivity (Wildman–Crippen MR) is 166 cm³/mol. The first kappa shape index (κ1) is 29.8. The molecule has 0 bridgehead atoms. The average molecular weight is 588 g/mol. The van der Waals surface area contributed by atoms with E-state index >= 15 is 0 Å². The van der Waals surface area contributed by atoms with E-state index in [0.29, 0.717) is 49.3 Å². The van der Waals surface area contributed by atoms with Crippen LogP contribution >= 0.6 is 7.60 Å². The molecule has 1 N–H and O–H groups in total. The summed E-state index contributed by atoms with van der Waals surface area (Å²) in [7, 11) is -3.71. The molecule has 2 heterocycles. The van der Waals surface area contributed by atoms with Gasteiger partial charge in [0.25, 0.3) is 5.69 Å². The largest absolute Gasteiger partial charge is 0.367 e. The van der Waals surface area contributed by atoms with Crippen LogP contribution in [0.3, 0.4) is 0 Å². The van der Waals surface area contributed by atoms with Crippen LogP contribution in [0.4, 0.5) is 11.4 Å². The van der Waals surface area contributed by atoms with Crippen LogP contribution in [0.1, 0.15) is 51.2 Å². The summed E-state index contributed by atoms with van der Waals surface area (Å²) in [5, 5.41) is 15.7. The monoisotopic (exact) mass is 587 g/mol. The van der Waals surface area contributed by atoms with E-state index in [9.17, 15) is 14.7 Å². The lowest BCUT2D eigenvalue weighted by molar-refractivity contribution is -0.384. The highest BCUT2D eigenvalue weighted by Gasteiger charge is 2.46. The van der Waals surface area contributed by atoms with Crippen LogP contribution in [-0.4, -0.2) is 24.7 Å². The minimum absolute atomic E-state index is 0.0140. The van der Waals surface area contributed by atoms with Gasteiger partial charge in [-0.25, -0.2) is 0 Å². The smallest absolute Gasteiger partial charge is 0.360 e. The molecule has 9 heteroatoms. The van der Waals surface area contributed by atoms with Gasteiger partial charge in [-0.2, -0.15) is 0 Å². The summed E-state index contributed by atoms with van der Waals surface area (Å²) in [4.78, 5) is 13.7. The molecule has 0 aromatic heterocycles. The van der Waals surface area contributed by atoms with Gasteiger partial charge in [-0.1, -0.05) is 74.5 Å². The van der Waals surface area contributed by atoms with Crippen LogP contribution in [0.5, 0.6) is 0 Å². The Hall–Kier alpha value is -3.71. The van der Waals surface area contributed by atoms with E-state index in [1.165, 1.54) is 11.6 Å². The van der Waals surface area contributed by atoms with E-state index in [0.717, 1.165) is 17.0 Å². The van der Waals surface area contributed by atoms with Crippen molar-refractivity contribution >= 4 is 19.0 Å². The zero-order valence-corrected chi connectivity index (χ0v) is 25.5. The maximum absolute atomic E-state index is 14.4. The van der Waals surface area contributed by atoms with Crippen molar-refractivity contribution in [2.24, 2.45) is 5.41 Å². The average Bonchev–Trinajstić information content (AvgIpc) is 2.98. The number of rotatable bonds is 9. The van der Waals surface area contributed by atoms with Crippen molar-refractivity contribution in [3.05, 3.63) is 128 Å². The van der Waals surface area contributed by atoms with Gasteiger partial charge in [-0.3, -0.25) is 14.7 Å². The molecule has 2 aliphatic rings. The Morgan fingerprint density at radius 3 is 2.24 bits per heavy atom. The van der Waals surface area contributed by atoms with Crippen LogP contribution < -0.4 is 10.2 Å². The summed E-state index contributed by atoms with van der Waals surface area (Å²) < 4.78 is 26.5. The first-order valence-electron chi connectivity index (χ1n) is 14.2. The highest BCUT2D eigenvalue weighted by molar-refractivity contribution is 7.58. The third-order valence-electron chi connectivity index (χ3n) is 7.81. The number of benzene rings is 3. The van der Waals surface area contributed by atoms with Crippen LogP contribution in [0.25, 0.3) is 0 Å². The molecule has 0 aliphatic carbocycles. The number of nitro benzene ring substituents is 1. The van der Waals surface area contributed by atoms with Crippen LogP contribution in [0.15, 0.2) is 107 Å². The normalized spacial score (nSPS) is 19.8. The highest BCUT2D eigenvalue weighted by Crippen LogP contribution is 2.66. The lowest BCUT2D eigenvalue weighted by Gasteiger charge is -2.40. The van der Waals surface area contributed by atoms with Gasteiger partial charge in [0.1, 0.15) is 0 Å². The molecule has 8 nitrogen and oxygen atoms in total. The Kier molecular flexibility index (Phi) is 8.69. The number of nitro groups is 1. The molecule has 0 radical (unpaired) electrons. The molecule has 3 aromatic rings. The predicted octanol–water partition coefficient (Wildman–Crippen LogP) is 8.15. The second-order valence-electron chi connectivity index (χ2n) is 11.8. The number of anilines is 1. The van der Waals surface area contributed by atoms with Gasteiger partial charge in [-0.15, -0.1) is 0 Å². The molecule has 42 heavy (non-hydrogen) atoms. The Morgan fingerprint density at radius 1 is 0.952 bits per heavy atom. The summed E-state index contributed by atoms with van der Waals surface area (Å²) in [5.74, 6) is -0.507. The van der Waals surface area contributed by atoms with Crippen molar-refractivity contribution in [3.63, 3.8) is 0 Å². The second kappa shape index (κ2) is 12.3. The van der Waals surface area contributed by atoms with E-state index in [1.807, 2.05) is 70.2 Å². The van der Waals surface area contributed by atoms with Crippen molar-refractivity contribution in [1.29, 1.82) is 0 Å². The number of hydrogen-bond donors (Lipinski definition) is 1. The Balaban J connectivity index is 1.54. The summed E-state index contributed by atoms with van der Waals surface area (Å²) in [6, 6.07) is 27.2. The minimum Gasteiger partial charge on any atom is -0.367 e. The van der Waals surface area contributed by atoms with Gasteiger partial charge < -0.3 is 19.3 Å². The van der Waals surface area contributed by atoms with Crippen molar-refractivity contribution in [1.82, 2.24) is 5.32 Å². The van der Waals surface area contributed by atoms with E-state index in [-0.39, 0.29) is 11.1 Å². The quantitative estimate of drug-likeness (QED) is 0.153. The molecule has 3 aromatic carbocycles. The Labute approximate surface area is 247 Å². The maximum Gasteiger partial charge on any atom is 0.360 e. The van der Waals surface area contributed by atoms with Crippen molar-refractivity contribution in [3.8, 4) is 0 Å². The topological polar surface area (TPSA) is 93.9 Å². The second-order valence-corrected chi connectivity index (χ2v) is 13.8. The van der Waals surface area contributed by atoms with E-state index in [1.54, 1.807) is 12.1 Å². The molecule has 0 saturated carbocycles. The molecule has 1 atom stereocenters. The first-order chi connectivity index (χ1) is 20.1. The Bertz CT molecular complexity index is 1540. The number of non-ortho nitro benzene ring substituents is 1. The summed E-state index contributed by atoms with van der Waals surface area (Å²) in [6.45, 7) is 9.87. The molecule has 220 valence electrons. The number of allylic oxidation sites excluding steroid dienone is 3. The fraction of sp³-hybridized carbons (Fsp3) is 0.333. The summed E-state index contributed by atoms with van der Waals surface area (Å²) in [6.07, 6.45) is 0.621. The van der Waals surface area contributed by atoms with Crippen molar-refractivity contribution < 1.29 is 18.5 Å². The van der Waals surface area contributed by atoms with E-state index in [2.05, 4.69) is 34.5 Å². The molecular formula is C33H38N3O5P. The SMILES string of the molecule is CC1=C(CCN(Cc2ccccc2)c2ccccc2)C(c2cccc([N+](=O)[O-])c2)C(P2(=O)OCC(C)(C)CO2)=C(C)N1. The van der Waals surface area contributed by atoms with Crippen molar-refractivity contribution in [2.45, 2.75) is 46.6 Å². The van der Waals surface area contributed by atoms with E-state index < -0.39 is 18.4 Å². The fourth-order valence-corrected chi connectivity index (χ4v) is 8.11. The van der Waals surface area contributed by atoms with Gasteiger partial charge in [-0.05, 0) is 49.1 Å². The third-order valence-corrected chi connectivity index (χ3v) is 9.93. The van der Waals surface area contributed by atoms with Crippen LogP contribution in [0, 0.1) is 15.5 Å². The lowest BCUT2D eigenvalue weighted by Crippen LogP contribution is -2.33. The molecule has 1 unspecified atom stereocenters. The maximum atomic E-state index is 14.4. The fourth-order valence-electron chi connectivity index (χ4n) is 5.63. The third kappa shape index (κ3) is 6.51. The summed E-state index contributed by atoms with van der Waals surface area (Å²) in [5.41, 5.74) is 5.32. The van der Waals surface area contributed by atoms with Crippen molar-refractivity contribution in [2.75, 3.05) is 24.7 Å². The van der Waals surface area contributed by atoms with Gasteiger partial charge in [0.05, 0.1) is 23.5 Å². The van der Waals surface area contributed by atoms with E-state index in [4.69, 9.17) is 9.05 Å². The van der Waals surface area contributed by atoms with Gasteiger partial charge >= 0.3 is 7.60 Å². The number of para-hydroxylation sites is 1. The number of nitrogens with one attached hydrogen (secondary N) is 1. The van der Waals surface area contributed by atoms with Gasteiger partial charge in [0.2, 0.25) is 0 Å². The highest BCUT2D eigenvalue weighted by atomic mass is 31.2. The van der Waals surface area contributed by atoms with Gasteiger partial charge in [0, 0.05) is 53.6 Å². The zero-order valence-electron chi connectivity index (χ0n) is 24.6. The first-order valence-corrected chi connectivity index (χ1v) is 15.8. The molecule has 2 aliphatic heterocycles. The molecule has 1 fully saturated rings. The molecule has 0 spiro atoms. The standard InChI is InChI=1S/C33H38N3O5P/c1-24-30(18-19-35(28-15-9-6-10-16-28)21-26-12-7-5-8-13-26)31(27-14-11-17-29(20-27)36(37)38)32(25(2)34-24)42(39)40-22-33(3,4)23-41-42/h5-17,20,31,34H,18-19,21-23H2,1-4H3. The molecular weight excluding hydrogens is 549 g/mol.